The second kappa shape index (κ2) is 8.89. The molecule has 0 saturated heterocycles. The molecule has 0 aliphatic rings. The molecule has 0 aliphatic heterocycles. The van der Waals surface area contributed by atoms with E-state index in [1.807, 2.05) is 73.3 Å². The van der Waals surface area contributed by atoms with Crippen LogP contribution in [0.2, 0.25) is 0 Å². The van der Waals surface area contributed by atoms with Gasteiger partial charge >= 0.3 is 6.03 Å². The van der Waals surface area contributed by atoms with E-state index in [0.29, 0.717) is 13.2 Å². The Morgan fingerprint density at radius 3 is 2.67 bits per heavy atom. The van der Waals surface area contributed by atoms with Crippen LogP contribution >= 0.6 is 0 Å². The molecule has 2 amide bonds. The minimum atomic E-state index is -0.213. The van der Waals surface area contributed by atoms with Crippen LogP contribution in [-0.2, 0) is 6.42 Å². The predicted octanol–water partition coefficient (Wildman–Crippen LogP) is 3.94. The third kappa shape index (κ3) is 5.10. The summed E-state index contributed by atoms with van der Waals surface area (Å²) in [4.78, 5) is 12.1. The zero-order valence-electron chi connectivity index (χ0n) is 15.6. The van der Waals surface area contributed by atoms with Crippen molar-refractivity contribution >= 4 is 11.7 Å². The van der Waals surface area contributed by atoms with Gasteiger partial charge in [-0.25, -0.2) is 9.48 Å². The summed E-state index contributed by atoms with van der Waals surface area (Å²) in [5.74, 6) is 0.805. The predicted molar refractivity (Wildman–Crippen MR) is 107 cm³/mol. The topological polar surface area (TPSA) is 68.2 Å². The van der Waals surface area contributed by atoms with Gasteiger partial charge in [-0.1, -0.05) is 12.1 Å². The number of amides is 2. The number of aromatic nitrogens is 2. The molecule has 0 saturated carbocycles. The molecule has 0 fully saturated rings. The zero-order valence-corrected chi connectivity index (χ0v) is 15.6. The summed E-state index contributed by atoms with van der Waals surface area (Å²) < 4.78 is 7.27. The van der Waals surface area contributed by atoms with Gasteiger partial charge in [0, 0.05) is 24.6 Å². The Balaban J connectivity index is 1.47. The van der Waals surface area contributed by atoms with Crippen LogP contribution in [-0.4, -0.2) is 29.0 Å². The lowest BCUT2D eigenvalue weighted by Crippen LogP contribution is -2.30. The zero-order chi connectivity index (χ0) is 19.1. The lowest BCUT2D eigenvalue weighted by molar-refractivity contribution is 0.252. The molecule has 0 aliphatic carbocycles. The van der Waals surface area contributed by atoms with Crippen molar-refractivity contribution in [3.63, 3.8) is 0 Å². The van der Waals surface area contributed by atoms with Crippen LogP contribution in [0, 0.1) is 6.92 Å². The van der Waals surface area contributed by atoms with E-state index >= 15 is 0 Å². The van der Waals surface area contributed by atoms with Gasteiger partial charge in [-0.05, 0) is 67.8 Å². The number of benzene rings is 2. The molecule has 6 nitrogen and oxygen atoms in total. The summed E-state index contributed by atoms with van der Waals surface area (Å²) in [5, 5.41) is 9.97. The first-order valence-corrected chi connectivity index (χ1v) is 9.03. The van der Waals surface area contributed by atoms with Crippen molar-refractivity contribution in [1.82, 2.24) is 15.1 Å². The number of carbonyl (C=O) groups is 1. The van der Waals surface area contributed by atoms with Crippen LogP contribution in [0.4, 0.5) is 10.5 Å². The van der Waals surface area contributed by atoms with Crippen molar-refractivity contribution < 1.29 is 9.53 Å². The number of rotatable bonds is 7. The van der Waals surface area contributed by atoms with E-state index < -0.39 is 0 Å². The van der Waals surface area contributed by atoms with E-state index in [-0.39, 0.29) is 6.03 Å². The second-order valence-electron chi connectivity index (χ2n) is 6.16. The van der Waals surface area contributed by atoms with Crippen molar-refractivity contribution in [2.24, 2.45) is 0 Å². The number of aryl methyl sites for hydroxylation is 1. The number of ether oxygens (including phenoxy) is 1. The summed E-state index contributed by atoms with van der Waals surface area (Å²) >= 11 is 0. The Bertz CT molecular complexity index is 874. The average molecular weight is 364 g/mol. The molecule has 140 valence electrons. The molecular formula is C21H24N4O2. The third-order valence-electron chi connectivity index (χ3n) is 4.16. The van der Waals surface area contributed by atoms with Crippen LogP contribution in [0.25, 0.3) is 5.69 Å². The van der Waals surface area contributed by atoms with Gasteiger partial charge in [-0.2, -0.15) is 5.10 Å². The van der Waals surface area contributed by atoms with E-state index in [1.165, 1.54) is 0 Å². The summed E-state index contributed by atoms with van der Waals surface area (Å²) in [7, 11) is 0. The van der Waals surface area contributed by atoms with Gasteiger partial charge in [0.05, 0.1) is 12.3 Å². The van der Waals surface area contributed by atoms with E-state index in [2.05, 4.69) is 15.7 Å². The Morgan fingerprint density at radius 1 is 1.19 bits per heavy atom. The number of anilines is 1. The maximum absolute atomic E-state index is 12.1. The largest absolute Gasteiger partial charge is 0.494 e. The van der Waals surface area contributed by atoms with Crippen molar-refractivity contribution in [3.8, 4) is 11.4 Å². The Kier molecular flexibility index (Phi) is 6.10. The molecule has 1 aromatic heterocycles. The Labute approximate surface area is 159 Å². The van der Waals surface area contributed by atoms with Gasteiger partial charge in [0.2, 0.25) is 0 Å². The molecule has 6 heteroatoms. The fourth-order valence-corrected chi connectivity index (χ4v) is 2.76. The second-order valence-corrected chi connectivity index (χ2v) is 6.16. The highest BCUT2D eigenvalue weighted by Gasteiger charge is 2.05. The molecule has 3 aromatic rings. The van der Waals surface area contributed by atoms with Crippen LogP contribution in [0.15, 0.2) is 60.9 Å². The first-order chi connectivity index (χ1) is 13.2. The monoisotopic (exact) mass is 364 g/mol. The quantitative estimate of drug-likeness (QED) is 0.667. The Hall–Kier alpha value is -3.28. The fraction of sp³-hybridized carbons (Fsp3) is 0.238. The lowest BCUT2D eigenvalue weighted by atomic mass is 10.1. The number of nitrogens with one attached hydrogen (secondary N) is 2. The molecule has 0 spiro atoms. The van der Waals surface area contributed by atoms with Crippen molar-refractivity contribution in [3.05, 3.63) is 72.1 Å². The first kappa shape index (κ1) is 18.5. The molecular weight excluding hydrogens is 340 g/mol. The highest BCUT2D eigenvalue weighted by atomic mass is 16.5. The van der Waals surface area contributed by atoms with Crippen molar-refractivity contribution in [2.45, 2.75) is 20.3 Å². The molecule has 0 atom stereocenters. The van der Waals surface area contributed by atoms with Crippen LogP contribution in [0.1, 0.15) is 18.1 Å². The Morgan fingerprint density at radius 2 is 2.00 bits per heavy atom. The first-order valence-electron chi connectivity index (χ1n) is 9.03. The molecule has 0 radical (unpaired) electrons. The van der Waals surface area contributed by atoms with Crippen molar-refractivity contribution in [2.75, 3.05) is 18.5 Å². The lowest BCUT2D eigenvalue weighted by Gasteiger charge is -2.12. The standard InChI is InChI=1S/C21H24N4O2/c1-3-27-19-9-10-20(16(2)15-19)24-21(26)22-13-11-17-5-7-18(8-6-17)25-14-4-12-23-25/h4-10,12,14-15H,3,11,13H2,1-2H3,(H2,22,24,26). The minimum Gasteiger partial charge on any atom is -0.494 e. The summed E-state index contributed by atoms with van der Waals surface area (Å²) in [5.41, 5.74) is 3.91. The molecule has 2 aromatic carbocycles. The number of urea groups is 1. The maximum atomic E-state index is 12.1. The van der Waals surface area contributed by atoms with E-state index in [9.17, 15) is 4.79 Å². The number of nitrogens with zero attached hydrogens (tertiary/aromatic N) is 2. The molecule has 1 heterocycles. The SMILES string of the molecule is CCOc1ccc(NC(=O)NCCc2ccc(-n3cccn3)cc2)c(C)c1. The molecule has 2 N–H and O–H groups in total. The summed E-state index contributed by atoms with van der Waals surface area (Å²) in [6.45, 7) is 5.07. The average Bonchev–Trinajstić information content (AvgIpc) is 3.20. The molecule has 0 unspecified atom stereocenters. The van der Waals surface area contributed by atoms with Crippen LogP contribution in [0.3, 0.4) is 0 Å². The highest BCUT2D eigenvalue weighted by Crippen LogP contribution is 2.21. The van der Waals surface area contributed by atoms with E-state index in [0.717, 1.165) is 34.7 Å². The van der Waals surface area contributed by atoms with Gasteiger partial charge < -0.3 is 15.4 Å². The van der Waals surface area contributed by atoms with Gasteiger partial charge in [0.1, 0.15) is 5.75 Å². The number of hydrogen-bond donors (Lipinski definition) is 2. The molecule has 0 bridgehead atoms. The van der Waals surface area contributed by atoms with Gasteiger partial charge in [-0.3, -0.25) is 0 Å². The highest BCUT2D eigenvalue weighted by molar-refractivity contribution is 5.90. The summed E-state index contributed by atoms with van der Waals surface area (Å²) in [6, 6.07) is 15.4. The van der Waals surface area contributed by atoms with E-state index in [4.69, 9.17) is 4.74 Å². The fourth-order valence-electron chi connectivity index (χ4n) is 2.76. The number of hydrogen-bond acceptors (Lipinski definition) is 3. The maximum Gasteiger partial charge on any atom is 0.319 e. The number of carbonyl (C=O) groups excluding carboxylic acids is 1. The van der Waals surface area contributed by atoms with E-state index in [1.54, 1.807) is 6.20 Å². The summed E-state index contributed by atoms with van der Waals surface area (Å²) in [6.07, 6.45) is 4.42. The smallest absolute Gasteiger partial charge is 0.319 e. The minimum absolute atomic E-state index is 0.213. The third-order valence-corrected chi connectivity index (χ3v) is 4.16. The van der Waals surface area contributed by atoms with Crippen LogP contribution in [0.5, 0.6) is 5.75 Å². The van der Waals surface area contributed by atoms with Crippen LogP contribution < -0.4 is 15.4 Å². The molecule has 27 heavy (non-hydrogen) atoms. The normalized spacial score (nSPS) is 10.4. The molecule has 3 rings (SSSR count). The van der Waals surface area contributed by atoms with Gasteiger partial charge in [0.25, 0.3) is 0 Å². The van der Waals surface area contributed by atoms with Gasteiger partial charge in [0.15, 0.2) is 0 Å². The van der Waals surface area contributed by atoms with Crippen molar-refractivity contribution in [1.29, 1.82) is 0 Å². The van der Waals surface area contributed by atoms with Gasteiger partial charge in [-0.15, -0.1) is 0 Å².